The molecular weight excluding hydrogens is 388 g/mol. The fraction of sp³-hybridized carbons (Fsp3) is 0.417. The van der Waals surface area contributed by atoms with Gasteiger partial charge >= 0.3 is 0 Å². The molecular formula is C24H30N6O. The maximum absolute atomic E-state index is 13.0. The number of hydrogen-bond acceptors (Lipinski definition) is 5. The van der Waals surface area contributed by atoms with Gasteiger partial charge in [0, 0.05) is 55.1 Å². The minimum atomic E-state index is 0.0707. The van der Waals surface area contributed by atoms with E-state index in [1.807, 2.05) is 66.8 Å². The molecule has 0 spiro atoms. The Labute approximate surface area is 183 Å². The molecule has 31 heavy (non-hydrogen) atoms. The largest absolute Gasteiger partial charge is 0.353 e. The summed E-state index contributed by atoms with van der Waals surface area (Å²) in [4.78, 5) is 26.5. The van der Waals surface area contributed by atoms with Gasteiger partial charge in [0.15, 0.2) is 0 Å². The van der Waals surface area contributed by atoms with Crippen molar-refractivity contribution >= 4 is 11.7 Å². The summed E-state index contributed by atoms with van der Waals surface area (Å²) in [6, 6.07) is 11.8. The molecule has 0 bridgehead atoms. The number of anilines is 1. The Balaban J connectivity index is 1.42. The first-order valence-electron chi connectivity index (χ1n) is 10.9. The van der Waals surface area contributed by atoms with Crippen molar-refractivity contribution < 1.29 is 4.79 Å². The molecule has 0 saturated carbocycles. The summed E-state index contributed by atoms with van der Waals surface area (Å²) < 4.78 is 1.90. The van der Waals surface area contributed by atoms with E-state index < -0.39 is 0 Å². The molecule has 4 rings (SSSR count). The molecule has 1 amide bonds. The lowest BCUT2D eigenvalue weighted by molar-refractivity contribution is 0.0746. The van der Waals surface area contributed by atoms with Gasteiger partial charge in [0.25, 0.3) is 5.91 Å². The van der Waals surface area contributed by atoms with Crippen LogP contribution < -0.4 is 4.90 Å². The summed E-state index contributed by atoms with van der Waals surface area (Å²) in [7, 11) is 0. The highest BCUT2D eigenvalue weighted by atomic mass is 16.2. The van der Waals surface area contributed by atoms with E-state index in [2.05, 4.69) is 28.8 Å². The summed E-state index contributed by atoms with van der Waals surface area (Å²) in [5.74, 6) is 2.19. The predicted molar refractivity (Wildman–Crippen MR) is 122 cm³/mol. The molecule has 0 N–H and O–H groups in total. The van der Waals surface area contributed by atoms with Gasteiger partial charge in [-0.15, -0.1) is 0 Å². The average molecular weight is 419 g/mol. The molecule has 3 heterocycles. The Morgan fingerprint density at radius 1 is 0.903 bits per heavy atom. The molecule has 1 aromatic carbocycles. The highest BCUT2D eigenvalue weighted by Gasteiger charge is 2.23. The summed E-state index contributed by atoms with van der Waals surface area (Å²) in [6.45, 7) is 13.1. The van der Waals surface area contributed by atoms with Crippen LogP contribution in [0.3, 0.4) is 0 Å². The van der Waals surface area contributed by atoms with Gasteiger partial charge in [-0.3, -0.25) is 4.79 Å². The van der Waals surface area contributed by atoms with Crippen LogP contribution in [-0.2, 0) is 0 Å². The van der Waals surface area contributed by atoms with Crippen molar-refractivity contribution in [3.8, 4) is 5.69 Å². The standard InChI is InChI=1S/C24H30N6O/c1-16(2)23-25-17(3)15-22(26-23)28-10-12-29(13-11-28)24(31)20-6-8-21(9-7-20)30-19(5)14-18(4)27-30/h6-9,14-16H,10-13H2,1-5H3. The van der Waals surface area contributed by atoms with E-state index in [9.17, 15) is 4.79 Å². The van der Waals surface area contributed by atoms with Crippen molar-refractivity contribution in [1.82, 2.24) is 24.6 Å². The van der Waals surface area contributed by atoms with E-state index in [1.54, 1.807) is 0 Å². The third kappa shape index (κ3) is 4.45. The Kier molecular flexibility index (Phi) is 5.76. The zero-order valence-electron chi connectivity index (χ0n) is 19.0. The number of aryl methyl sites for hydroxylation is 3. The lowest BCUT2D eigenvalue weighted by Gasteiger charge is -2.35. The fourth-order valence-corrected chi connectivity index (χ4v) is 3.95. The van der Waals surface area contributed by atoms with Crippen molar-refractivity contribution in [2.75, 3.05) is 31.1 Å². The van der Waals surface area contributed by atoms with Crippen molar-refractivity contribution in [3.05, 3.63) is 64.9 Å². The van der Waals surface area contributed by atoms with Gasteiger partial charge in [0.2, 0.25) is 0 Å². The van der Waals surface area contributed by atoms with Crippen LogP contribution in [0.15, 0.2) is 36.4 Å². The zero-order chi connectivity index (χ0) is 22.1. The van der Waals surface area contributed by atoms with Crippen LogP contribution in [0.25, 0.3) is 5.69 Å². The average Bonchev–Trinajstić information content (AvgIpc) is 3.11. The van der Waals surface area contributed by atoms with Crippen LogP contribution in [0, 0.1) is 20.8 Å². The first kappa shape index (κ1) is 21.0. The third-order valence-electron chi connectivity index (χ3n) is 5.63. The molecule has 1 aliphatic heterocycles. The number of piperazine rings is 1. The summed E-state index contributed by atoms with van der Waals surface area (Å²) in [6.07, 6.45) is 0. The molecule has 3 aromatic rings. The Morgan fingerprint density at radius 2 is 1.58 bits per heavy atom. The molecule has 0 unspecified atom stereocenters. The third-order valence-corrected chi connectivity index (χ3v) is 5.63. The van der Waals surface area contributed by atoms with Gasteiger partial charge in [-0.1, -0.05) is 13.8 Å². The van der Waals surface area contributed by atoms with Gasteiger partial charge in [-0.25, -0.2) is 14.6 Å². The number of aromatic nitrogens is 4. The SMILES string of the molecule is Cc1cc(N2CCN(C(=O)c3ccc(-n4nc(C)cc4C)cc3)CC2)nc(C(C)C)n1. The maximum atomic E-state index is 13.0. The van der Waals surface area contributed by atoms with E-state index in [1.165, 1.54) is 0 Å². The van der Waals surface area contributed by atoms with E-state index in [4.69, 9.17) is 4.98 Å². The molecule has 7 heteroatoms. The molecule has 0 aliphatic carbocycles. The summed E-state index contributed by atoms with van der Waals surface area (Å²) >= 11 is 0. The molecule has 162 valence electrons. The number of hydrogen-bond donors (Lipinski definition) is 0. The highest BCUT2D eigenvalue weighted by molar-refractivity contribution is 5.94. The quantitative estimate of drug-likeness (QED) is 0.647. The lowest BCUT2D eigenvalue weighted by atomic mass is 10.1. The highest BCUT2D eigenvalue weighted by Crippen LogP contribution is 2.20. The number of amides is 1. The molecule has 0 radical (unpaired) electrons. The minimum absolute atomic E-state index is 0.0707. The number of carbonyl (C=O) groups is 1. The molecule has 1 fully saturated rings. The van der Waals surface area contributed by atoms with Crippen LogP contribution in [-0.4, -0.2) is 56.7 Å². The Bertz CT molecular complexity index is 1080. The monoisotopic (exact) mass is 418 g/mol. The number of benzene rings is 1. The molecule has 0 atom stereocenters. The summed E-state index contributed by atoms with van der Waals surface area (Å²) in [5.41, 5.74) is 4.71. The van der Waals surface area contributed by atoms with Crippen LogP contribution in [0.4, 0.5) is 5.82 Å². The molecule has 1 saturated heterocycles. The van der Waals surface area contributed by atoms with E-state index in [-0.39, 0.29) is 5.91 Å². The fourth-order valence-electron chi connectivity index (χ4n) is 3.95. The first-order chi connectivity index (χ1) is 14.8. The predicted octanol–water partition coefficient (Wildman–Crippen LogP) is 3.67. The second-order valence-electron chi connectivity index (χ2n) is 8.55. The number of rotatable bonds is 4. The normalized spacial score (nSPS) is 14.4. The Hall–Kier alpha value is -3.22. The van der Waals surface area contributed by atoms with Crippen LogP contribution in [0.2, 0.25) is 0 Å². The smallest absolute Gasteiger partial charge is 0.253 e. The van der Waals surface area contributed by atoms with E-state index in [0.29, 0.717) is 24.6 Å². The van der Waals surface area contributed by atoms with Crippen LogP contribution in [0.5, 0.6) is 0 Å². The number of carbonyl (C=O) groups excluding carboxylic acids is 1. The first-order valence-corrected chi connectivity index (χ1v) is 10.9. The van der Waals surface area contributed by atoms with E-state index in [0.717, 1.165) is 47.5 Å². The van der Waals surface area contributed by atoms with Gasteiger partial charge in [0.05, 0.1) is 11.4 Å². The van der Waals surface area contributed by atoms with Gasteiger partial charge in [-0.2, -0.15) is 5.10 Å². The van der Waals surface area contributed by atoms with Gasteiger partial charge in [0.1, 0.15) is 11.6 Å². The summed E-state index contributed by atoms with van der Waals surface area (Å²) in [5, 5.41) is 4.51. The molecule has 7 nitrogen and oxygen atoms in total. The van der Waals surface area contributed by atoms with Crippen molar-refractivity contribution in [2.24, 2.45) is 0 Å². The topological polar surface area (TPSA) is 67.2 Å². The van der Waals surface area contributed by atoms with Gasteiger partial charge in [-0.05, 0) is 51.1 Å². The van der Waals surface area contributed by atoms with E-state index >= 15 is 0 Å². The van der Waals surface area contributed by atoms with Crippen molar-refractivity contribution in [2.45, 2.75) is 40.5 Å². The lowest BCUT2D eigenvalue weighted by Crippen LogP contribution is -2.49. The Morgan fingerprint density at radius 3 is 2.16 bits per heavy atom. The second kappa shape index (κ2) is 8.49. The number of nitrogens with zero attached hydrogens (tertiary/aromatic N) is 6. The second-order valence-corrected chi connectivity index (χ2v) is 8.55. The van der Waals surface area contributed by atoms with Crippen LogP contribution >= 0.6 is 0 Å². The van der Waals surface area contributed by atoms with Crippen molar-refractivity contribution in [1.29, 1.82) is 0 Å². The van der Waals surface area contributed by atoms with Crippen molar-refractivity contribution in [3.63, 3.8) is 0 Å². The maximum Gasteiger partial charge on any atom is 0.253 e. The van der Waals surface area contributed by atoms with Crippen LogP contribution in [0.1, 0.15) is 53.0 Å². The minimum Gasteiger partial charge on any atom is -0.353 e. The molecule has 2 aromatic heterocycles. The zero-order valence-corrected chi connectivity index (χ0v) is 19.0. The van der Waals surface area contributed by atoms with Gasteiger partial charge < -0.3 is 9.80 Å². The molecule has 1 aliphatic rings.